The van der Waals surface area contributed by atoms with Crippen molar-refractivity contribution in [3.05, 3.63) is 35.9 Å². The molecule has 1 aliphatic carbocycles. The second-order valence-corrected chi connectivity index (χ2v) is 6.71. The number of benzene rings is 1. The molecule has 1 amide bonds. The van der Waals surface area contributed by atoms with Crippen LogP contribution in [0.25, 0.3) is 0 Å². The third-order valence-electron chi connectivity index (χ3n) is 5.46. The molecule has 1 saturated carbocycles. The summed E-state index contributed by atoms with van der Waals surface area (Å²) in [5.74, 6) is -0.329. The molecule has 7 nitrogen and oxygen atoms in total. The van der Waals surface area contributed by atoms with Gasteiger partial charge in [-0.3, -0.25) is 9.59 Å². The quantitative estimate of drug-likeness (QED) is 0.684. The molecule has 4 rings (SSSR count). The van der Waals surface area contributed by atoms with Crippen LogP contribution in [0, 0.1) is 11.8 Å². The summed E-state index contributed by atoms with van der Waals surface area (Å²) in [6, 6.07) is 9.99. The maximum atomic E-state index is 12.6. The summed E-state index contributed by atoms with van der Waals surface area (Å²) in [7, 11) is 1.42. The third-order valence-corrected chi connectivity index (χ3v) is 5.46. The summed E-state index contributed by atoms with van der Waals surface area (Å²) < 4.78 is 4.90. The van der Waals surface area contributed by atoms with Crippen LogP contribution < -0.4 is 16.3 Å². The molecule has 0 aromatic heterocycles. The highest BCUT2D eigenvalue weighted by Crippen LogP contribution is 2.38. The molecule has 128 valence electrons. The molecule has 2 aliphatic heterocycles. The van der Waals surface area contributed by atoms with Crippen molar-refractivity contribution in [1.82, 2.24) is 21.3 Å². The fraction of sp³-hybridized carbons (Fsp3) is 0.529. The number of carbonyl (C=O) groups excluding carboxylic acids is 2. The molecule has 1 aromatic carbocycles. The lowest BCUT2D eigenvalue weighted by molar-refractivity contribution is -0.153. The fourth-order valence-corrected chi connectivity index (χ4v) is 4.21. The molecule has 0 spiro atoms. The first kappa shape index (κ1) is 15.6. The van der Waals surface area contributed by atoms with E-state index in [1.807, 2.05) is 30.3 Å². The van der Waals surface area contributed by atoms with Gasteiger partial charge in [-0.05, 0) is 24.8 Å². The van der Waals surface area contributed by atoms with E-state index >= 15 is 0 Å². The zero-order valence-corrected chi connectivity index (χ0v) is 13.6. The van der Waals surface area contributed by atoms with Crippen LogP contribution in [0.2, 0.25) is 0 Å². The molecule has 5 unspecified atom stereocenters. The van der Waals surface area contributed by atoms with E-state index < -0.39 is 0 Å². The van der Waals surface area contributed by atoms with Gasteiger partial charge in [0.1, 0.15) is 6.17 Å². The van der Waals surface area contributed by atoms with E-state index in [-0.39, 0.29) is 42.0 Å². The number of fused-ring (bicyclic) bond motifs is 3. The number of ether oxygens (including phenoxy) is 1. The minimum Gasteiger partial charge on any atom is -0.469 e. The average Bonchev–Trinajstić information content (AvgIpc) is 3.05. The molecule has 7 heteroatoms. The van der Waals surface area contributed by atoms with Crippen molar-refractivity contribution in [2.75, 3.05) is 7.11 Å². The van der Waals surface area contributed by atoms with Gasteiger partial charge in [-0.15, -0.1) is 0 Å². The Morgan fingerprint density at radius 1 is 1.25 bits per heavy atom. The smallest absolute Gasteiger partial charge is 0.308 e. The van der Waals surface area contributed by atoms with Gasteiger partial charge >= 0.3 is 5.97 Å². The summed E-state index contributed by atoms with van der Waals surface area (Å²) in [6.07, 6.45) is 1.88. The number of nitrogens with zero attached hydrogens (tertiary/aromatic N) is 1. The number of hydrogen-bond acceptors (Lipinski definition) is 6. The molecular formula is C17H22N4O3. The number of hydrogen-bond donors (Lipinski definition) is 3. The van der Waals surface area contributed by atoms with Crippen molar-refractivity contribution in [3.63, 3.8) is 0 Å². The van der Waals surface area contributed by atoms with E-state index in [0.29, 0.717) is 19.3 Å². The number of rotatable bonds is 2. The van der Waals surface area contributed by atoms with Gasteiger partial charge in [0.05, 0.1) is 25.0 Å². The van der Waals surface area contributed by atoms with Crippen LogP contribution in [0.5, 0.6) is 0 Å². The van der Waals surface area contributed by atoms with Crippen LogP contribution >= 0.6 is 0 Å². The molecule has 0 radical (unpaired) electrons. The van der Waals surface area contributed by atoms with Gasteiger partial charge < -0.3 is 10.1 Å². The van der Waals surface area contributed by atoms with Crippen LogP contribution in [0.3, 0.4) is 0 Å². The van der Waals surface area contributed by atoms with Gasteiger partial charge in [0.25, 0.3) is 0 Å². The number of hydrazine groups is 2. The molecule has 3 aliphatic rings. The van der Waals surface area contributed by atoms with E-state index in [2.05, 4.69) is 21.3 Å². The first-order valence-corrected chi connectivity index (χ1v) is 8.41. The molecule has 3 N–H and O–H groups in total. The topological polar surface area (TPSA) is 82.7 Å². The Morgan fingerprint density at radius 3 is 2.79 bits per heavy atom. The van der Waals surface area contributed by atoms with E-state index in [9.17, 15) is 9.59 Å². The summed E-state index contributed by atoms with van der Waals surface area (Å²) in [5.41, 5.74) is 7.60. The van der Waals surface area contributed by atoms with E-state index in [0.717, 1.165) is 5.56 Å². The highest BCUT2D eigenvalue weighted by molar-refractivity contribution is 5.81. The lowest BCUT2D eigenvalue weighted by atomic mass is 9.76. The summed E-state index contributed by atoms with van der Waals surface area (Å²) in [4.78, 5) is 24.5. The molecular weight excluding hydrogens is 308 g/mol. The summed E-state index contributed by atoms with van der Waals surface area (Å²) in [5, 5.41) is 5.20. The number of methoxy groups -OCH3 is 1. The van der Waals surface area contributed by atoms with Crippen molar-refractivity contribution in [1.29, 1.82) is 0 Å². The molecule has 3 fully saturated rings. The number of esters is 1. The van der Waals surface area contributed by atoms with Gasteiger partial charge in [0.2, 0.25) is 5.91 Å². The van der Waals surface area contributed by atoms with Crippen LogP contribution in [0.15, 0.2) is 30.3 Å². The Balaban J connectivity index is 1.57. The second-order valence-electron chi connectivity index (χ2n) is 6.71. The minimum atomic E-state index is -0.178. The molecule has 2 heterocycles. The number of carbonyl (C=O) groups is 2. The highest BCUT2D eigenvalue weighted by atomic mass is 16.5. The zero-order chi connectivity index (χ0) is 16.7. The Morgan fingerprint density at radius 2 is 2.04 bits per heavy atom. The van der Waals surface area contributed by atoms with E-state index in [1.54, 1.807) is 0 Å². The van der Waals surface area contributed by atoms with E-state index in [4.69, 9.17) is 4.74 Å². The first-order valence-electron chi connectivity index (χ1n) is 8.41. The maximum Gasteiger partial charge on any atom is 0.308 e. The first-order chi connectivity index (χ1) is 11.7. The van der Waals surface area contributed by atoms with Crippen LogP contribution in [-0.2, 0) is 14.3 Å². The summed E-state index contributed by atoms with van der Waals surface area (Å²) >= 11 is 0. The predicted octanol–water partition coefficient (Wildman–Crippen LogP) is 0.466. The van der Waals surface area contributed by atoms with Crippen molar-refractivity contribution >= 4 is 11.9 Å². The monoisotopic (exact) mass is 330 g/mol. The van der Waals surface area contributed by atoms with Gasteiger partial charge in [0.15, 0.2) is 0 Å². The van der Waals surface area contributed by atoms with Crippen molar-refractivity contribution in [2.45, 2.75) is 37.5 Å². The average molecular weight is 330 g/mol. The van der Waals surface area contributed by atoms with Crippen molar-refractivity contribution in [2.24, 2.45) is 11.8 Å². The molecule has 2 saturated heterocycles. The molecule has 24 heavy (non-hydrogen) atoms. The SMILES string of the molecule is COC(=O)C1CCC2C(=O)NC3C(c4ccccc4)NNN3C2C1. The molecule has 0 bridgehead atoms. The minimum absolute atomic E-state index is 0.0113. The maximum absolute atomic E-state index is 12.6. The fourth-order valence-electron chi connectivity index (χ4n) is 4.21. The van der Waals surface area contributed by atoms with Crippen molar-refractivity contribution < 1.29 is 14.3 Å². The molecule has 1 aromatic rings. The zero-order valence-electron chi connectivity index (χ0n) is 13.6. The Kier molecular flexibility index (Phi) is 3.99. The van der Waals surface area contributed by atoms with E-state index in [1.165, 1.54) is 7.11 Å². The molecule has 5 atom stereocenters. The number of nitrogens with one attached hydrogen (secondary N) is 3. The predicted molar refractivity (Wildman–Crippen MR) is 85.9 cm³/mol. The third kappa shape index (κ3) is 2.49. The van der Waals surface area contributed by atoms with Crippen LogP contribution in [-0.4, -0.2) is 36.2 Å². The van der Waals surface area contributed by atoms with Crippen LogP contribution in [0.4, 0.5) is 0 Å². The lowest BCUT2D eigenvalue weighted by Gasteiger charge is -2.46. The Hall–Kier alpha value is -1.96. The highest BCUT2D eigenvalue weighted by Gasteiger charge is 2.51. The lowest BCUT2D eigenvalue weighted by Crippen LogP contribution is -2.65. The van der Waals surface area contributed by atoms with Crippen molar-refractivity contribution in [3.8, 4) is 0 Å². The Labute approximate surface area is 140 Å². The van der Waals surface area contributed by atoms with Gasteiger partial charge in [-0.1, -0.05) is 30.3 Å². The van der Waals surface area contributed by atoms with Crippen LogP contribution in [0.1, 0.15) is 30.9 Å². The van der Waals surface area contributed by atoms with Gasteiger partial charge in [0, 0.05) is 6.04 Å². The summed E-state index contributed by atoms with van der Waals surface area (Å²) in [6.45, 7) is 0. The normalized spacial score (nSPS) is 35.7. The standard InChI is InChI=1S/C17H22N4O3/c1-24-17(23)11-7-8-12-13(9-11)21-15(18-16(12)22)14(19-20-21)10-5-3-2-4-6-10/h2-6,11-15,19-20H,7-9H2,1H3,(H,18,22). The largest absolute Gasteiger partial charge is 0.469 e. The second kappa shape index (κ2) is 6.16. The number of amides is 1. The Bertz CT molecular complexity index is 638. The van der Waals surface area contributed by atoms with Gasteiger partial charge in [-0.2, -0.15) is 5.53 Å². The van der Waals surface area contributed by atoms with Gasteiger partial charge in [-0.25, -0.2) is 10.4 Å².